The van der Waals surface area contributed by atoms with Gasteiger partial charge in [0.2, 0.25) is 0 Å². The zero-order valence-corrected chi connectivity index (χ0v) is 11.6. The first-order chi connectivity index (χ1) is 9.30. The van der Waals surface area contributed by atoms with Crippen LogP contribution >= 0.6 is 0 Å². The quantitative estimate of drug-likeness (QED) is 0.560. The van der Waals surface area contributed by atoms with Crippen LogP contribution < -0.4 is 5.32 Å². The number of nitrogens with zero attached hydrogens (tertiary/aromatic N) is 2. The monoisotopic (exact) mass is 281 g/mol. The maximum absolute atomic E-state index is 10.5. The lowest BCUT2D eigenvalue weighted by atomic mass is 9.84. The molecule has 0 bridgehead atoms. The van der Waals surface area contributed by atoms with E-state index in [1.54, 1.807) is 6.07 Å². The number of aliphatic carboxylic acids is 1. The lowest BCUT2D eigenvalue weighted by Crippen LogP contribution is -2.18. The van der Waals surface area contributed by atoms with Gasteiger partial charge in [0.1, 0.15) is 12.0 Å². The van der Waals surface area contributed by atoms with Crippen molar-refractivity contribution in [2.75, 3.05) is 11.9 Å². The average molecular weight is 281 g/mol. The van der Waals surface area contributed by atoms with Gasteiger partial charge in [-0.1, -0.05) is 13.8 Å². The van der Waals surface area contributed by atoms with Crippen molar-refractivity contribution in [2.45, 2.75) is 33.1 Å². The van der Waals surface area contributed by atoms with Crippen molar-refractivity contribution in [1.82, 2.24) is 4.98 Å². The van der Waals surface area contributed by atoms with E-state index in [0.29, 0.717) is 18.8 Å². The highest BCUT2D eigenvalue weighted by atomic mass is 16.6. The number of carboxylic acid groups (broad SMARTS) is 1. The molecule has 20 heavy (non-hydrogen) atoms. The van der Waals surface area contributed by atoms with Gasteiger partial charge in [0.15, 0.2) is 0 Å². The fourth-order valence-corrected chi connectivity index (χ4v) is 1.70. The Bertz CT molecular complexity index is 471. The van der Waals surface area contributed by atoms with E-state index in [1.807, 2.05) is 13.8 Å². The Morgan fingerprint density at radius 3 is 2.65 bits per heavy atom. The molecule has 0 aliphatic rings. The molecule has 0 unspecified atom stereocenters. The predicted molar refractivity (Wildman–Crippen MR) is 74.6 cm³/mol. The Morgan fingerprint density at radius 2 is 2.15 bits per heavy atom. The summed E-state index contributed by atoms with van der Waals surface area (Å²) in [5.74, 6) is -0.215. The molecule has 1 aromatic rings. The van der Waals surface area contributed by atoms with Crippen molar-refractivity contribution in [3.8, 4) is 0 Å². The Balaban J connectivity index is 2.39. The number of rotatable bonds is 8. The molecule has 7 nitrogen and oxygen atoms in total. The largest absolute Gasteiger partial charge is 0.481 e. The number of hydrogen-bond donors (Lipinski definition) is 2. The molecule has 1 rings (SSSR count). The van der Waals surface area contributed by atoms with Gasteiger partial charge < -0.3 is 10.4 Å². The second-order valence-corrected chi connectivity index (χ2v) is 5.39. The molecule has 0 saturated carbocycles. The molecule has 0 radical (unpaired) electrons. The summed E-state index contributed by atoms with van der Waals surface area (Å²) in [7, 11) is 0. The summed E-state index contributed by atoms with van der Waals surface area (Å²) >= 11 is 0. The molecule has 0 aliphatic carbocycles. The van der Waals surface area contributed by atoms with Gasteiger partial charge in [-0.3, -0.25) is 14.9 Å². The van der Waals surface area contributed by atoms with Crippen LogP contribution in [0.5, 0.6) is 0 Å². The van der Waals surface area contributed by atoms with Crippen molar-refractivity contribution in [2.24, 2.45) is 5.41 Å². The highest BCUT2D eigenvalue weighted by Crippen LogP contribution is 2.26. The molecule has 1 aromatic heterocycles. The molecule has 0 fully saturated rings. The Kier molecular flexibility index (Phi) is 5.42. The van der Waals surface area contributed by atoms with Crippen LogP contribution in [0.2, 0.25) is 0 Å². The summed E-state index contributed by atoms with van der Waals surface area (Å²) in [6.45, 7) is 4.67. The first-order valence-electron chi connectivity index (χ1n) is 6.36. The summed E-state index contributed by atoms with van der Waals surface area (Å²) in [4.78, 5) is 24.5. The molecule has 110 valence electrons. The van der Waals surface area contributed by atoms with E-state index >= 15 is 0 Å². The van der Waals surface area contributed by atoms with Crippen LogP contribution in [0, 0.1) is 15.5 Å². The molecule has 2 N–H and O–H groups in total. The van der Waals surface area contributed by atoms with E-state index in [9.17, 15) is 14.9 Å². The Hall–Kier alpha value is -2.18. The number of nitrogens with one attached hydrogen (secondary N) is 1. The van der Waals surface area contributed by atoms with Crippen LogP contribution in [0.3, 0.4) is 0 Å². The third kappa shape index (κ3) is 5.64. The number of pyridine rings is 1. The standard InChI is InChI=1S/C13H19N3O4/c1-13(2,6-5-12(17)18)7-8-14-11-4-3-10(9-15-11)16(19)20/h3-4,9H,5-8H2,1-2H3,(H,14,15)(H,17,18). The number of hydrogen-bond acceptors (Lipinski definition) is 5. The maximum Gasteiger partial charge on any atom is 0.303 e. The SMILES string of the molecule is CC(C)(CCNc1ccc([N+](=O)[O-])cn1)CCC(=O)O. The van der Waals surface area contributed by atoms with Crippen molar-refractivity contribution in [1.29, 1.82) is 0 Å². The summed E-state index contributed by atoms with van der Waals surface area (Å²) in [5, 5.41) is 22.2. The second kappa shape index (κ2) is 6.83. The van der Waals surface area contributed by atoms with Crippen molar-refractivity contribution in [3.63, 3.8) is 0 Å². The van der Waals surface area contributed by atoms with Crippen LogP contribution in [-0.2, 0) is 4.79 Å². The Labute approximate surface area is 117 Å². The molecule has 7 heteroatoms. The number of carboxylic acids is 1. The van der Waals surface area contributed by atoms with Gasteiger partial charge in [0, 0.05) is 19.0 Å². The van der Waals surface area contributed by atoms with E-state index in [1.165, 1.54) is 12.3 Å². The topological polar surface area (TPSA) is 105 Å². The molecular weight excluding hydrogens is 262 g/mol. The van der Waals surface area contributed by atoms with Gasteiger partial charge in [0.05, 0.1) is 4.92 Å². The number of carbonyl (C=O) groups is 1. The lowest BCUT2D eigenvalue weighted by Gasteiger charge is -2.23. The van der Waals surface area contributed by atoms with Crippen LogP contribution in [0.1, 0.15) is 33.1 Å². The average Bonchev–Trinajstić information content (AvgIpc) is 2.37. The minimum absolute atomic E-state index is 0.0441. The smallest absolute Gasteiger partial charge is 0.303 e. The van der Waals surface area contributed by atoms with Crippen LogP contribution in [0.25, 0.3) is 0 Å². The first-order valence-corrected chi connectivity index (χ1v) is 6.36. The van der Waals surface area contributed by atoms with Gasteiger partial charge >= 0.3 is 5.97 Å². The molecule has 0 atom stereocenters. The van der Waals surface area contributed by atoms with Gasteiger partial charge in [-0.05, 0) is 24.3 Å². The Morgan fingerprint density at radius 1 is 1.45 bits per heavy atom. The maximum atomic E-state index is 10.5. The van der Waals surface area contributed by atoms with E-state index in [4.69, 9.17) is 5.11 Å². The third-order valence-corrected chi connectivity index (χ3v) is 3.08. The van der Waals surface area contributed by atoms with E-state index < -0.39 is 10.9 Å². The fourth-order valence-electron chi connectivity index (χ4n) is 1.70. The summed E-state index contributed by atoms with van der Waals surface area (Å²) in [6, 6.07) is 2.95. The highest BCUT2D eigenvalue weighted by Gasteiger charge is 2.18. The minimum atomic E-state index is -0.789. The van der Waals surface area contributed by atoms with Crippen LogP contribution in [-0.4, -0.2) is 27.5 Å². The fraction of sp³-hybridized carbons (Fsp3) is 0.538. The lowest BCUT2D eigenvalue weighted by molar-refractivity contribution is -0.385. The minimum Gasteiger partial charge on any atom is -0.481 e. The highest BCUT2D eigenvalue weighted by molar-refractivity contribution is 5.66. The molecule has 0 aromatic carbocycles. The number of anilines is 1. The third-order valence-electron chi connectivity index (χ3n) is 3.08. The zero-order chi connectivity index (χ0) is 15.2. The van der Waals surface area contributed by atoms with Gasteiger partial charge in [-0.2, -0.15) is 0 Å². The van der Waals surface area contributed by atoms with Crippen molar-refractivity contribution >= 4 is 17.5 Å². The molecule has 1 heterocycles. The normalized spacial score (nSPS) is 11.1. The van der Waals surface area contributed by atoms with E-state index in [2.05, 4.69) is 10.3 Å². The summed E-state index contributed by atoms with van der Waals surface area (Å²) in [6.07, 6.45) is 2.76. The van der Waals surface area contributed by atoms with Crippen LogP contribution in [0.4, 0.5) is 11.5 Å². The van der Waals surface area contributed by atoms with Crippen molar-refractivity contribution in [3.05, 3.63) is 28.4 Å². The first kappa shape index (κ1) is 15.9. The van der Waals surface area contributed by atoms with Gasteiger partial charge in [0.25, 0.3) is 5.69 Å². The molecule has 0 saturated heterocycles. The predicted octanol–water partition coefficient (Wildman–Crippen LogP) is 2.68. The van der Waals surface area contributed by atoms with Gasteiger partial charge in [-0.15, -0.1) is 0 Å². The molecule has 0 amide bonds. The number of nitro groups is 1. The zero-order valence-electron chi connectivity index (χ0n) is 11.6. The van der Waals surface area contributed by atoms with E-state index in [-0.39, 0.29) is 17.5 Å². The van der Waals surface area contributed by atoms with Crippen molar-refractivity contribution < 1.29 is 14.8 Å². The summed E-state index contributed by atoms with van der Waals surface area (Å²) < 4.78 is 0. The second-order valence-electron chi connectivity index (χ2n) is 5.39. The summed E-state index contributed by atoms with van der Waals surface area (Å²) in [5.41, 5.74) is -0.121. The van der Waals surface area contributed by atoms with Gasteiger partial charge in [-0.25, -0.2) is 4.98 Å². The number of aromatic nitrogens is 1. The van der Waals surface area contributed by atoms with Crippen LogP contribution in [0.15, 0.2) is 18.3 Å². The molecule has 0 spiro atoms. The van der Waals surface area contributed by atoms with E-state index in [0.717, 1.165) is 6.42 Å². The molecule has 0 aliphatic heterocycles. The molecular formula is C13H19N3O4.